The van der Waals surface area contributed by atoms with Gasteiger partial charge in [-0.25, -0.2) is 0 Å². The molecule has 2 unspecified atom stereocenters. The number of hydrogen-bond acceptors (Lipinski definition) is 4. The van der Waals surface area contributed by atoms with Crippen molar-refractivity contribution in [1.29, 1.82) is 0 Å². The Hall–Kier alpha value is -6.34. The summed E-state index contributed by atoms with van der Waals surface area (Å²) < 4.78 is 234. The first-order chi connectivity index (χ1) is 45.7. The zero-order valence-electron chi connectivity index (χ0n) is 67.9. The third-order valence-electron chi connectivity index (χ3n) is 17.0. The normalized spacial score (nSPS) is 24.1. The first kappa shape index (κ1) is 28.9. The van der Waals surface area contributed by atoms with Gasteiger partial charge in [-0.05, 0) is 168 Å². The summed E-state index contributed by atoms with van der Waals surface area (Å²) in [6.07, 6.45) is 2.06. The van der Waals surface area contributed by atoms with Crippen LogP contribution in [0.15, 0.2) is 139 Å². The van der Waals surface area contributed by atoms with E-state index in [-0.39, 0.29) is 138 Å². The SMILES string of the molecule is [2H]c1c([2H])c([2H])c2c(c1[2H])-c1c(c3c([2H])c([2H])c([2H])c([2H])c3n1-c1c([2H])c3c4c(c1[2H])N(c1c([2H])c([2H])c(C(C)(C)C)c([2H])c1[2H])c1c(sc5c([2H])c([2H])c(C(C)(C)C)c([2H])c15)B4c1c(sc4c([2H])c5c(c([2H])c14)C1(C)CCC5(C)C1)N3c1c([2H])c([2H])c(C(C)(C)C)c([2H])c1[2H])C2(C)C. The summed E-state index contributed by atoms with van der Waals surface area (Å²) in [4.78, 5) is 2.69. The molecule has 7 aromatic carbocycles. The average molecular weight is 1050 g/mol. The molecule has 3 nitrogen and oxygen atoms in total. The molecule has 2 aliphatic heterocycles. The van der Waals surface area contributed by atoms with E-state index >= 15 is 0 Å². The highest BCUT2D eigenvalue weighted by molar-refractivity contribution is 7.35. The van der Waals surface area contributed by atoms with Crippen LogP contribution >= 0.6 is 22.7 Å². The van der Waals surface area contributed by atoms with Crippen LogP contribution in [0.2, 0.25) is 0 Å². The molecule has 0 amide bonds. The Bertz CT molecular complexity index is 5510. The van der Waals surface area contributed by atoms with Crippen molar-refractivity contribution in [3.63, 3.8) is 0 Å². The molecule has 2 bridgehead atoms. The van der Waals surface area contributed by atoms with E-state index in [0.717, 1.165) is 29.1 Å². The minimum Gasteiger partial charge on any atom is -0.310 e. The van der Waals surface area contributed by atoms with Gasteiger partial charge in [0.05, 0.1) is 59.1 Å². The maximum Gasteiger partial charge on any atom is 0.266 e. The molecule has 15 rings (SSSR count). The summed E-state index contributed by atoms with van der Waals surface area (Å²) in [5.41, 5.74) is -6.81. The van der Waals surface area contributed by atoms with Crippen molar-refractivity contribution in [2.75, 3.05) is 9.80 Å². The number of fused-ring (bicyclic) bond motifs is 18. The lowest BCUT2D eigenvalue weighted by atomic mass is 9.36. The molecule has 10 aromatic rings. The van der Waals surface area contributed by atoms with Crippen molar-refractivity contribution in [2.45, 2.75) is 142 Å². The summed E-state index contributed by atoms with van der Waals surface area (Å²) in [5, 5.41) is 0.170. The first-order valence-electron chi connectivity index (χ1n) is 37.6. The van der Waals surface area contributed by atoms with Crippen LogP contribution in [0.25, 0.3) is 48.0 Å². The van der Waals surface area contributed by atoms with Crippen LogP contribution in [0.5, 0.6) is 0 Å². The molecule has 6 heteroatoms. The fourth-order valence-corrected chi connectivity index (χ4v) is 15.5. The molecule has 0 radical (unpaired) electrons. The Kier molecular flexibility index (Phi) is 5.71. The molecule has 378 valence electrons. The zero-order chi connectivity index (χ0) is 72.6. The molecular weight excluding hydrogens is 958 g/mol. The average Bonchev–Trinajstić information content (AvgIpc) is 1.56. The van der Waals surface area contributed by atoms with Crippen LogP contribution in [-0.2, 0) is 32.5 Å². The summed E-state index contributed by atoms with van der Waals surface area (Å²) in [7, 11) is 0. The standard InChI is InChI=1S/C70H68BN3S2/c1-65(2,3)40-22-27-43(28-23-40)72-54-35-45(73-53-21-17-15-19-47(53)58-61(73)46-18-14-16-20-50(46)68(58,10)11)36-55-60(54)71(63-62(72)49-34-42(67(7,8)9)26-31-56(49)75-63)59-48-37-51-52(70(13)33-32-69(51,12)39-70)38-57(48)76-64(59)74(55)44-29-24-41(25-30-44)66(4,5)6/h14-31,34-38H,32-33,39H2,1-13H3/i14D,15D,16D,17D,18D,19D,20D,21D,22D,23D,24D,25D,26D,27D,28D,29D,30D,31D,34D,35D,36D,37D,38D. The molecule has 5 aliphatic rings. The fourth-order valence-electron chi connectivity index (χ4n) is 13.1. The van der Waals surface area contributed by atoms with Crippen molar-refractivity contribution in [2.24, 2.45) is 0 Å². The van der Waals surface area contributed by atoms with Gasteiger partial charge >= 0.3 is 0 Å². The molecule has 76 heavy (non-hydrogen) atoms. The number of rotatable bonds is 3. The van der Waals surface area contributed by atoms with E-state index in [1.165, 1.54) is 14.4 Å². The minimum absolute atomic E-state index is 0.000613. The molecule has 1 saturated carbocycles. The van der Waals surface area contributed by atoms with E-state index in [1.54, 1.807) is 76.2 Å². The summed E-state index contributed by atoms with van der Waals surface area (Å²) >= 11 is 2.01. The largest absolute Gasteiger partial charge is 0.310 e. The lowest BCUT2D eigenvalue weighted by molar-refractivity contribution is 0.484. The van der Waals surface area contributed by atoms with Crippen molar-refractivity contribution >= 4 is 110 Å². The van der Waals surface area contributed by atoms with Gasteiger partial charge < -0.3 is 14.4 Å². The monoisotopic (exact) mass is 1050 g/mol. The van der Waals surface area contributed by atoms with Gasteiger partial charge in [0, 0.05) is 58.7 Å². The summed E-state index contributed by atoms with van der Waals surface area (Å²) in [5.74, 6) is 0. The van der Waals surface area contributed by atoms with Gasteiger partial charge in [0.2, 0.25) is 0 Å². The lowest BCUT2D eigenvalue weighted by Crippen LogP contribution is -2.60. The third kappa shape index (κ3) is 6.23. The first-order valence-corrected chi connectivity index (χ1v) is 27.7. The number of nitrogens with zero attached hydrogens (tertiary/aromatic N) is 3. The maximum absolute atomic E-state index is 11.5. The third-order valence-corrected chi connectivity index (χ3v) is 19.2. The molecule has 1 fully saturated rings. The van der Waals surface area contributed by atoms with Gasteiger partial charge in [0.1, 0.15) is 0 Å². The molecule has 0 saturated heterocycles. The van der Waals surface area contributed by atoms with Crippen LogP contribution in [-0.4, -0.2) is 11.3 Å². The van der Waals surface area contributed by atoms with Gasteiger partial charge in [0.25, 0.3) is 6.71 Å². The van der Waals surface area contributed by atoms with E-state index < -0.39 is 165 Å². The van der Waals surface area contributed by atoms with E-state index in [1.807, 2.05) is 0 Å². The Morgan fingerprint density at radius 3 is 1.75 bits per heavy atom. The molecule has 3 aliphatic carbocycles. The highest BCUT2D eigenvalue weighted by Crippen LogP contribution is 2.62. The van der Waals surface area contributed by atoms with Gasteiger partial charge in [-0.1, -0.05) is 163 Å². The van der Waals surface area contributed by atoms with E-state index in [4.69, 9.17) is 1.37 Å². The van der Waals surface area contributed by atoms with Crippen LogP contribution in [0, 0.1) is 0 Å². The predicted molar refractivity (Wildman–Crippen MR) is 330 cm³/mol. The Morgan fingerprint density at radius 1 is 0.513 bits per heavy atom. The lowest BCUT2D eigenvalue weighted by Gasteiger charge is -2.42. The van der Waals surface area contributed by atoms with E-state index in [2.05, 4.69) is 13.8 Å². The molecule has 3 aromatic heterocycles. The highest BCUT2D eigenvalue weighted by Gasteiger charge is 2.54. The van der Waals surface area contributed by atoms with Crippen molar-refractivity contribution in [3.8, 4) is 16.9 Å². The summed E-state index contributed by atoms with van der Waals surface area (Å²) in [6, 6.07) is -11.6. The summed E-state index contributed by atoms with van der Waals surface area (Å²) in [6.45, 7) is 21.8. The zero-order valence-corrected chi connectivity index (χ0v) is 46.5. The van der Waals surface area contributed by atoms with E-state index in [0.29, 0.717) is 24.0 Å². The number of benzene rings is 7. The van der Waals surface area contributed by atoms with Crippen molar-refractivity contribution in [3.05, 3.63) is 178 Å². The number of hydrogen-bond donors (Lipinski definition) is 0. The second-order valence-corrected chi connectivity index (χ2v) is 27.8. The Labute approximate surface area is 490 Å². The Balaban J connectivity index is 1.28. The van der Waals surface area contributed by atoms with Crippen LogP contribution in [0.1, 0.15) is 180 Å². The molecule has 0 N–H and O–H groups in total. The second kappa shape index (κ2) is 15.0. The van der Waals surface area contributed by atoms with Gasteiger partial charge in [-0.15, -0.1) is 22.7 Å². The second-order valence-electron chi connectivity index (χ2n) is 25.8. The molecule has 0 spiro atoms. The highest BCUT2D eigenvalue weighted by atomic mass is 32.1. The predicted octanol–water partition coefficient (Wildman–Crippen LogP) is 18.1. The number of para-hydroxylation sites is 1. The minimum atomic E-state index is -1.54. The molecule has 2 atom stereocenters. The van der Waals surface area contributed by atoms with Crippen molar-refractivity contribution in [1.82, 2.24) is 4.57 Å². The number of anilines is 6. The molecule has 5 heterocycles. The topological polar surface area (TPSA) is 11.4 Å². The number of thiophene rings is 2. The Morgan fingerprint density at radius 2 is 1.09 bits per heavy atom. The quantitative estimate of drug-likeness (QED) is 0.163. The maximum atomic E-state index is 11.5. The smallest absolute Gasteiger partial charge is 0.266 e. The van der Waals surface area contributed by atoms with Gasteiger partial charge in [-0.3, -0.25) is 0 Å². The number of aromatic nitrogens is 1. The van der Waals surface area contributed by atoms with Crippen LogP contribution < -0.4 is 25.5 Å². The fraction of sp³-hybridized carbons (Fsp3) is 0.314. The van der Waals surface area contributed by atoms with Crippen LogP contribution in [0.3, 0.4) is 0 Å². The van der Waals surface area contributed by atoms with Crippen molar-refractivity contribution < 1.29 is 31.5 Å². The van der Waals surface area contributed by atoms with Gasteiger partial charge in [-0.2, -0.15) is 0 Å². The van der Waals surface area contributed by atoms with E-state index in [9.17, 15) is 30.2 Å². The van der Waals surface area contributed by atoms with Gasteiger partial charge in [0.15, 0.2) is 0 Å². The van der Waals surface area contributed by atoms with Crippen LogP contribution in [0.4, 0.5) is 33.4 Å². The molecular formula is C70H68BN3S2.